The molecule has 1 fully saturated rings. The first-order valence-corrected chi connectivity index (χ1v) is 6.73. The lowest BCUT2D eigenvalue weighted by Crippen LogP contribution is -2.40. The SMILES string of the molecule is CNC[C@H]1CCCN1C(=O)c1sccc1OC. The number of carbonyl (C=O) groups is 1. The molecule has 2 rings (SSSR count). The minimum absolute atomic E-state index is 0.106. The van der Waals surface area contributed by atoms with Crippen molar-refractivity contribution in [3.63, 3.8) is 0 Å². The first kappa shape index (κ1) is 12.4. The van der Waals surface area contributed by atoms with E-state index < -0.39 is 0 Å². The van der Waals surface area contributed by atoms with Gasteiger partial charge in [-0.3, -0.25) is 4.79 Å². The number of likely N-dealkylation sites (N-methyl/N-ethyl adjacent to an activating group) is 1. The largest absolute Gasteiger partial charge is 0.495 e. The Hall–Kier alpha value is -1.07. The first-order valence-electron chi connectivity index (χ1n) is 5.85. The van der Waals surface area contributed by atoms with Gasteiger partial charge < -0.3 is 15.0 Å². The zero-order valence-corrected chi connectivity index (χ0v) is 11.0. The summed E-state index contributed by atoms with van der Waals surface area (Å²) in [5.41, 5.74) is 0. The van der Waals surface area contributed by atoms with E-state index in [0.717, 1.165) is 30.8 Å². The third kappa shape index (κ3) is 2.45. The summed E-state index contributed by atoms with van der Waals surface area (Å²) in [6, 6.07) is 2.17. The topological polar surface area (TPSA) is 41.6 Å². The van der Waals surface area contributed by atoms with Gasteiger partial charge in [-0.25, -0.2) is 0 Å². The second-order valence-corrected chi connectivity index (χ2v) is 5.09. The molecule has 4 nitrogen and oxygen atoms in total. The van der Waals surface area contributed by atoms with Gasteiger partial charge in [0.1, 0.15) is 10.6 Å². The van der Waals surface area contributed by atoms with Gasteiger partial charge in [-0.05, 0) is 31.3 Å². The summed E-state index contributed by atoms with van der Waals surface area (Å²) in [6.45, 7) is 1.71. The smallest absolute Gasteiger partial charge is 0.268 e. The van der Waals surface area contributed by atoms with Gasteiger partial charge >= 0.3 is 0 Å². The minimum Gasteiger partial charge on any atom is -0.495 e. The summed E-state index contributed by atoms with van der Waals surface area (Å²) in [5, 5.41) is 5.04. The zero-order chi connectivity index (χ0) is 12.3. The van der Waals surface area contributed by atoms with Crippen LogP contribution in [-0.2, 0) is 0 Å². The maximum Gasteiger partial charge on any atom is 0.268 e. The van der Waals surface area contributed by atoms with Crippen molar-refractivity contribution in [3.05, 3.63) is 16.3 Å². The summed E-state index contributed by atoms with van der Waals surface area (Å²) >= 11 is 1.45. The molecule has 0 saturated carbocycles. The highest BCUT2D eigenvalue weighted by atomic mass is 32.1. The molecule has 1 saturated heterocycles. The lowest BCUT2D eigenvalue weighted by molar-refractivity contribution is 0.0739. The molecular weight excluding hydrogens is 236 g/mol. The molecule has 0 aliphatic carbocycles. The van der Waals surface area contributed by atoms with Crippen molar-refractivity contribution in [2.45, 2.75) is 18.9 Å². The standard InChI is InChI=1S/C12H18N2O2S/c1-13-8-9-4-3-6-14(9)12(15)11-10(16-2)5-7-17-11/h5,7,9,13H,3-4,6,8H2,1-2H3/t9-/m1/s1. The molecule has 2 heterocycles. The molecule has 1 aliphatic rings. The molecule has 1 N–H and O–H groups in total. The highest BCUT2D eigenvalue weighted by Gasteiger charge is 2.30. The predicted octanol–water partition coefficient (Wildman–Crippen LogP) is 1.58. The Balaban J connectivity index is 2.14. The third-order valence-corrected chi connectivity index (χ3v) is 4.00. The number of carbonyl (C=O) groups excluding carboxylic acids is 1. The van der Waals surface area contributed by atoms with E-state index in [1.165, 1.54) is 11.3 Å². The molecule has 0 radical (unpaired) electrons. The molecule has 0 bridgehead atoms. The normalized spacial score (nSPS) is 19.6. The van der Waals surface area contributed by atoms with Crippen LogP contribution in [-0.4, -0.2) is 44.1 Å². The zero-order valence-electron chi connectivity index (χ0n) is 10.2. The summed E-state index contributed by atoms with van der Waals surface area (Å²) in [7, 11) is 3.53. The van der Waals surface area contributed by atoms with Crippen LogP contribution in [0.2, 0.25) is 0 Å². The Kier molecular flexibility index (Phi) is 4.02. The van der Waals surface area contributed by atoms with Crippen LogP contribution in [0.15, 0.2) is 11.4 Å². The fraction of sp³-hybridized carbons (Fsp3) is 0.583. The number of likely N-dealkylation sites (tertiary alicyclic amines) is 1. The molecule has 1 aromatic rings. The number of amides is 1. The van der Waals surface area contributed by atoms with Crippen LogP contribution in [0.4, 0.5) is 0 Å². The van der Waals surface area contributed by atoms with E-state index in [9.17, 15) is 4.79 Å². The van der Waals surface area contributed by atoms with Crippen LogP contribution in [0.5, 0.6) is 5.75 Å². The molecule has 0 aromatic carbocycles. The van der Waals surface area contributed by atoms with Crippen molar-refractivity contribution < 1.29 is 9.53 Å². The molecule has 5 heteroatoms. The number of ether oxygens (including phenoxy) is 1. The molecule has 0 spiro atoms. The third-order valence-electron chi connectivity index (χ3n) is 3.12. The van der Waals surface area contributed by atoms with E-state index in [-0.39, 0.29) is 5.91 Å². The predicted molar refractivity (Wildman–Crippen MR) is 68.9 cm³/mol. The fourth-order valence-corrected chi connectivity index (χ4v) is 3.11. The molecule has 0 unspecified atom stereocenters. The van der Waals surface area contributed by atoms with Crippen molar-refractivity contribution in [2.24, 2.45) is 0 Å². The molecule has 1 amide bonds. The number of nitrogens with one attached hydrogen (secondary N) is 1. The highest BCUT2D eigenvalue weighted by Crippen LogP contribution is 2.28. The molecular formula is C12H18N2O2S. The van der Waals surface area contributed by atoms with Gasteiger partial charge in [-0.2, -0.15) is 0 Å². The summed E-state index contributed by atoms with van der Waals surface area (Å²) in [5.74, 6) is 0.796. The van der Waals surface area contributed by atoms with Crippen molar-refractivity contribution in [1.82, 2.24) is 10.2 Å². The van der Waals surface area contributed by atoms with Crippen molar-refractivity contribution >= 4 is 17.2 Å². The Morgan fingerprint density at radius 2 is 2.53 bits per heavy atom. The monoisotopic (exact) mass is 254 g/mol. The van der Waals surface area contributed by atoms with Crippen molar-refractivity contribution in [3.8, 4) is 5.75 Å². The average Bonchev–Trinajstić information content (AvgIpc) is 2.96. The Morgan fingerprint density at radius 1 is 1.71 bits per heavy atom. The van der Waals surface area contributed by atoms with Crippen molar-refractivity contribution in [2.75, 3.05) is 27.2 Å². The highest BCUT2D eigenvalue weighted by molar-refractivity contribution is 7.12. The van der Waals surface area contributed by atoms with E-state index in [0.29, 0.717) is 11.8 Å². The Morgan fingerprint density at radius 3 is 3.24 bits per heavy atom. The van der Waals surface area contributed by atoms with E-state index in [1.54, 1.807) is 7.11 Å². The Bertz CT molecular complexity index is 392. The first-order chi connectivity index (χ1) is 8.27. The number of thiophene rings is 1. The number of rotatable bonds is 4. The maximum atomic E-state index is 12.4. The van der Waals surface area contributed by atoms with Gasteiger partial charge in [-0.1, -0.05) is 0 Å². The molecule has 1 aromatic heterocycles. The molecule has 1 atom stereocenters. The quantitative estimate of drug-likeness (QED) is 0.887. The molecule has 94 valence electrons. The van der Waals surface area contributed by atoms with Crippen molar-refractivity contribution in [1.29, 1.82) is 0 Å². The van der Waals surface area contributed by atoms with Gasteiger partial charge in [0.05, 0.1) is 7.11 Å². The van der Waals surface area contributed by atoms with E-state index >= 15 is 0 Å². The molecule has 17 heavy (non-hydrogen) atoms. The van der Waals surface area contributed by atoms with Crippen LogP contribution < -0.4 is 10.1 Å². The second-order valence-electron chi connectivity index (χ2n) is 4.17. The van der Waals surface area contributed by atoms with E-state index in [1.807, 2.05) is 23.4 Å². The molecule has 1 aliphatic heterocycles. The van der Waals surface area contributed by atoms with Gasteiger partial charge in [0.2, 0.25) is 0 Å². The number of methoxy groups -OCH3 is 1. The number of hydrogen-bond acceptors (Lipinski definition) is 4. The summed E-state index contributed by atoms with van der Waals surface area (Å²) in [4.78, 5) is 15.1. The van der Waals surface area contributed by atoms with E-state index in [4.69, 9.17) is 4.74 Å². The summed E-state index contributed by atoms with van der Waals surface area (Å²) < 4.78 is 5.21. The van der Waals surface area contributed by atoms with Gasteiger partial charge in [0.25, 0.3) is 5.91 Å². The van der Waals surface area contributed by atoms with Gasteiger partial charge in [0.15, 0.2) is 0 Å². The average molecular weight is 254 g/mol. The van der Waals surface area contributed by atoms with Crippen LogP contribution in [0, 0.1) is 0 Å². The van der Waals surface area contributed by atoms with Crippen LogP contribution >= 0.6 is 11.3 Å². The Labute approximate surface area is 106 Å². The fourth-order valence-electron chi connectivity index (χ4n) is 2.30. The van der Waals surface area contributed by atoms with Crippen LogP contribution in [0.3, 0.4) is 0 Å². The minimum atomic E-state index is 0.106. The number of hydrogen-bond donors (Lipinski definition) is 1. The van der Waals surface area contributed by atoms with Gasteiger partial charge in [-0.15, -0.1) is 11.3 Å². The van der Waals surface area contributed by atoms with Gasteiger partial charge in [0, 0.05) is 19.1 Å². The second kappa shape index (κ2) is 5.51. The maximum absolute atomic E-state index is 12.4. The van der Waals surface area contributed by atoms with E-state index in [2.05, 4.69) is 5.32 Å². The van der Waals surface area contributed by atoms with Crippen LogP contribution in [0.1, 0.15) is 22.5 Å². The summed E-state index contributed by atoms with van der Waals surface area (Å²) in [6.07, 6.45) is 2.17. The van der Waals surface area contributed by atoms with Crippen LogP contribution in [0.25, 0.3) is 0 Å². The number of nitrogens with zero attached hydrogens (tertiary/aromatic N) is 1. The lowest BCUT2D eigenvalue weighted by Gasteiger charge is -2.24. The lowest BCUT2D eigenvalue weighted by atomic mass is 10.2.